The monoisotopic (exact) mass is 417 g/mol. The average molecular weight is 417 g/mol. The van der Waals surface area contributed by atoms with Crippen LogP contribution in [0.15, 0.2) is 58.4 Å². The van der Waals surface area contributed by atoms with Gasteiger partial charge in [0.2, 0.25) is 5.95 Å². The van der Waals surface area contributed by atoms with Crippen molar-refractivity contribution in [1.29, 1.82) is 5.26 Å². The number of esters is 1. The summed E-state index contributed by atoms with van der Waals surface area (Å²) in [4.78, 5) is 30.2. The van der Waals surface area contributed by atoms with E-state index in [0.717, 1.165) is 0 Å². The number of anilines is 1. The zero-order valence-electron chi connectivity index (χ0n) is 16.9. The second kappa shape index (κ2) is 9.84. The number of nitrogens with one attached hydrogen (secondary N) is 2. The Labute approximate surface area is 178 Å². The minimum Gasteiger partial charge on any atom is -0.496 e. The van der Waals surface area contributed by atoms with E-state index >= 15 is 0 Å². The van der Waals surface area contributed by atoms with Crippen LogP contribution in [0.5, 0.6) is 5.75 Å². The lowest BCUT2D eigenvalue weighted by molar-refractivity contribution is -0.142. The summed E-state index contributed by atoms with van der Waals surface area (Å²) in [5.41, 5.74) is 4.31. The molecule has 0 aliphatic carbocycles. The summed E-state index contributed by atoms with van der Waals surface area (Å²) < 4.78 is 10.3. The number of hydrogen-bond acceptors (Lipinski definition) is 8. The molecule has 1 heterocycles. The smallest absolute Gasteiger partial charge is 0.302 e. The highest BCUT2D eigenvalue weighted by Gasteiger charge is 2.13. The Morgan fingerprint density at radius 3 is 2.74 bits per heavy atom. The molecule has 9 nitrogen and oxygen atoms in total. The van der Waals surface area contributed by atoms with E-state index in [1.54, 1.807) is 42.5 Å². The van der Waals surface area contributed by atoms with Crippen LogP contribution in [0.4, 0.5) is 5.95 Å². The van der Waals surface area contributed by atoms with Gasteiger partial charge >= 0.3 is 5.97 Å². The van der Waals surface area contributed by atoms with Crippen LogP contribution in [0.25, 0.3) is 11.3 Å². The van der Waals surface area contributed by atoms with Crippen molar-refractivity contribution in [2.24, 2.45) is 5.10 Å². The molecule has 2 aromatic carbocycles. The number of H-pyrrole nitrogens is 1. The lowest BCUT2D eigenvalue weighted by atomic mass is 10.1. The molecule has 0 saturated carbocycles. The van der Waals surface area contributed by atoms with Crippen LogP contribution in [0.3, 0.4) is 0 Å². The number of methoxy groups -OCH3 is 1. The standard InChI is InChI=1S/C22H19N5O4/c1-14(28)31-13-17-10-15(8-9-19(17)30-2)12-24-27-22-25-20(16-6-4-3-5-7-16)18(11-23)21(29)26-22/h3-10,12H,13H2,1-2H3,(H2,25,26,27,29). The van der Waals surface area contributed by atoms with Gasteiger partial charge in [0.05, 0.1) is 19.0 Å². The van der Waals surface area contributed by atoms with Gasteiger partial charge < -0.3 is 9.47 Å². The average Bonchev–Trinajstić information content (AvgIpc) is 2.78. The lowest BCUT2D eigenvalue weighted by Gasteiger charge is -2.09. The molecule has 0 atom stereocenters. The van der Waals surface area contributed by atoms with Crippen LogP contribution in [-0.4, -0.2) is 29.3 Å². The maximum absolute atomic E-state index is 12.3. The molecule has 1 aromatic heterocycles. The molecular weight excluding hydrogens is 398 g/mol. The van der Waals surface area contributed by atoms with Gasteiger partial charge in [-0.1, -0.05) is 30.3 Å². The molecule has 0 fully saturated rings. The molecule has 156 valence electrons. The summed E-state index contributed by atoms with van der Waals surface area (Å²) in [7, 11) is 1.53. The normalized spacial score (nSPS) is 10.5. The van der Waals surface area contributed by atoms with Crippen LogP contribution >= 0.6 is 0 Å². The summed E-state index contributed by atoms with van der Waals surface area (Å²) in [6.07, 6.45) is 1.51. The topological polar surface area (TPSA) is 129 Å². The van der Waals surface area contributed by atoms with Crippen molar-refractivity contribution >= 4 is 18.1 Å². The van der Waals surface area contributed by atoms with Crippen molar-refractivity contribution in [2.75, 3.05) is 12.5 Å². The fourth-order valence-corrected chi connectivity index (χ4v) is 2.77. The van der Waals surface area contributed by atoms with Crippen LogP contribution in [0.2, 0.25) is 0 Å². The third-order valence-electron chi connectivity index (χ3n) is 4.20. The summed E-state index contributed by atoms with van der Waals surface area (Å²) in [6.45, 7) is 1.40. The number of carbonyl (C=O) groups excluding carboxylic acids is 1. The number of nitrogens with zero attached hydrogens (tertiary/aromatic N) is 3. The quantitative estimate of drug-likeness (QED) is 0.343. The lowest BCUT2D eigenvalue weighted by Crippen LogP contribution is -2.16. The fourth-order valence-electron chi connectivity index (χ4n) is 2.77. The van der Waals surface area contributed by atoms with Crippen molar-refractivity contribution in [3.8, 4) is 23.1 Å². The minimum absolute atomic E-state index is 0.0680. The molecule has 0 saturated heterocycles. The number of aromatic nitrogens is 2. The van der Waals surface area contributed by atoms with Crippen molar-refractivity contribution < 1.29 is 14.3 Å². The van der Waals surface area contributed by atoms with E-state index < -0.39 is 11.5 Å². The molecule has 2 N–H and O–H groups in total. The molecule has 3 rings (SSSR count). The number of ether oxygens (including phenoxy) is 2. The molecule has 3 aromatic rings. The number of benzene rings is 2. The molecule has 31 heavy (non-hydrogen) atoms. The number of hydrazone groups is 1. The van der Waals surface area contributed by atoms with Gasteiger partial charge in [0.25, 0.3) is 5.56 Å². The van der Waals surface area contributed by atoms with E-state index in [-0.39, 0.29) is 23.8 Å². The fraction of sp³-hybridized carbons (Fsp3) is 0.136. The van der Waals surface area contributed by atoms with Crippen molar-refractivity contribution in [3.63, 3.8) is 0 Å². The highest BCUT2D eigenvalue weighted by Crippen LogP contribution is 2.21. The van der Waals surface area contributed by atoms with E-state index in [4.69, 9.17) is 9.47 Å². The third-order valence-corrected chi connectivity index (χ3v) is 4.20. The first-order valence-corrected chi connectivity index (χ1v) is 9.21. The molecule has 0 unspecified atom stereocenters. The maximum atomic E-state index is 12.3. The number of aromatic amines is 1. The number of rotatable bonds is 7. The first-order valence-electron chi connectivity index (χ1n) is 9.21. The zero-order chi connectivity index (χ0) is 22.2. The molecule has 0 amide bonds. The minimum atomic E-state index is -0.567. The SMILES string of the molecule is COc1ccc(C=NNc2nc(-c3ccccc3)c(C#N)c(=O)[nH]2)cc1COC(C)=O. The van der Waals surface area contributed by atoms with Crippen molar-refractivity contribution in [2.45, 2.75) is 13.5 Å². The Morgan fingerprint density at radius 2 is 2.06 bits per heavy atom. The van der Waals surface area contributed by atoms with Gasteiger partial charge in [0.1, 0.15) is 24.0 Å². The van der Waals surface area contributed by atoms with Crippen LogP contribution in [-0.2, 0) is 16.1 Å². The summed E-state index contributed by atoms with van der Waals surface area (Å²) >= 11 is 0. The first kappa shape index (κ1) is 21.3. The van der Waals surface area contributed by atoms with Gasteiger partial charge in [-0.25, -0.2) is 10.4 Å². The molecule has 0 spiro atoms. The van der Waals surface area contributed by atoms with Gasteiger partial charge in [-0.3, -0.25) is 14.6 Å². The molecule has 9 heteroatoms. The Kier molecular flexibility index (Phi) is 6.75. The van der Waals surface area contributed by atoms with Crippen molar-refractivity contribution in [3.05, 3.63) is 75.6 Å². The molecule has 0 aliphatic heterocycles. The third kappa shape index (κ3) is 5.33. The maximum Gasteiger partial charge on any atom is 0.302 e. The predicted molar refractivity (Wildman–Crippen MR) is 115 cm³/mol. The van der Waals surface area contributed by atoms with Crippen LogP contribution < -0.4 is 15.7 Å². The van der Waals surface area contributed by atoms with Gasteiger partial charge in [-0.2, -0.15) is 10.4 Å². The van der Waals surface area contributed by atoms with Crippen LogP contribution in [0, 0.1) is 11.3 Å². The second-order valence-electron chi connectivity index (χ2n) is 6.34. The van der Waals surface area contributed by atoms with Gasteiger partial charge in [0, 0.05) is 18.1 Å². The summed E-state index contributed by atoms with van der Waals surface area (Å²) in [6, 6.07) is 16.1. The molecule has 0 radical (unpaired) electrons. The molecular formula is C22H19N5O4. The van der Waals surface area contributed by atoms with Gasteiger partial charge in [0.15, 0.2) is 0 Å². The van der Waals surface area contributed by atoms with Crippen LogP contribution in [0.1, 0.15) is 23.6 Å². The Hall–Kier alpha value is -4.45. The van der Waals surface area contributed by atoms with E-state index in [2.05, 4.69) is 20.5 Å². The Bertz CT molecular complexity index is 1210. The largest absolute Gasteiger partial charge is 0.496 e. The first-order chi connectivity index (χ1) is 15.0. The summed E-state index contributed by atoms with van der Waals surface area (Å²) in [5, 5.41) is 13.4. The van der Waals surface area contributed by atoms with E-state index in [1.165, 1.54) is 20.2 Å². The number of hydrogen-bond donors (Lipinski definition) is 2. The van der Waals surface area contributed by atoms with Gasteiger partial charge in [-0.05, 0) is 23.8 Å². The summed E-state index contributed by atoms with van der Waals surface area (Å²) in [5.74, 6) is 0.276. The van der Waals surface area contributed by atoms with E-state index in [0.29, 0.717) is 22.4 Å². The predicted octanol–water partition coefficient (Wildman–Crippen LogP) is 2.83. The number of nitriles is 1. The Morgan fingerprint density at radius 1 is 1.29 bits per heavy atom. The highest BCUT2D eigenvalue weighted by atomic mass is 16.5. The highest BCUT2D eigenvalue weighted by molar-refractivity contribution is 5.81. The second-order valence-corrected chi connectivity index (χ2v) is 6.34. The zero-order valence-corrected chi connectivity index (χ0v) is 16.9. The van der Waals surface area contributed by atoms with Gasteiger partial charge in [-0.15, -0.1) is 0 Å². The Balaban J connectivity index is 1.84. The van der Waals surface area contributed by atoms with E-state index in [9.17, 15) is 14.9 Å². The molecule has 0 aliphatic rings. The van der Waals surface area contributed by atoms with E-state index in [1.807, 2.05) is 12.1 Å². The molecule has 0 bridgehead atoms. The van der Waals surface area contributed by atoms with Crippen molar-refractivity contribution in [1.82, 2.24) is 9.97 Å². The number of carbonyl (C=O) groups is 1.